The largest absolute Gasteiger partial charge is 0.287 e. The molecule has 110 valence electrons. The highest BCUT2D eigenvalue weighted by Crippen LogP contribution is 2.17. The number of hydrogen-bond acceptors (Lipinski definition) is 2. The van der Waals surface area contributed by atoms with Gasteiger partial charge in [-0.2, -0.15) is 0 Å². The Morgan fingerprint density at radius 1 is 1.20 bits per heavy atom. The number of benzene rings is 1. The van der Waals surface area contributed by atoms with E-state index in [0.717, 1.165) is 23.1 Å². The number of carbonyl (C=O) groups excluding carboxylic acids is 1. The zero-order chi connectivity index (χ0) is 15.5. The SMILES string of the molecule is C/C=C(\N=CCC)C(=O)c1cccc(C)c1C.CCC. The summed E-state index contributed by atoms with van der Waals surface area (Å²) in [6.45, 7) is 12.1. The summed E-state index contributed by atoms with van der Waals surface area (Å²) in [6, 6.07) is 5.78. The molecule has 0 bridgehead atoms. The number of hydrogen-bond donors (Lipinski definition) is 0. The summed E-state index contributed by atoms with van der Waals surface area (Å²) in [4.78, 5) is 16.5. The molecule has 1 rings (SSSR count). The van der Waals surface area contributed by atoms with Crippen molar-refractivity contribution in [1.29, 1.82) is 0 Å². The Morgan fingerprint density at radius 2 is 1.80 bits per heavy atom. The minimum absolute atomic E-state index is 0.00148. The van der Waals surface area contributed by atoms with Crippen molar-refractivity contribution in [2.24, 2.45) is 4.99 Å². The molecule has 0 aliphatic rings. The van der Waals surface area contributed by atoms with Gasteiger partial charge < -0.3 is 0 Å². The van der Waals surface area contributed by atoms with Crippen molar-refractivity contribution in [3.63, 3.8) is 0 Å². The average molecular weight is 273 g/mol. The number of Topliss-reactive ketones (excluding diaryl/α,β-unsaturated/α-hetero) is 1. The van der Waals surface area contributed by atoms with Crippen molar-refractivity contribution in [1.82, 2.24) is 0 Å². The molecule has 0 atom stereocenters. The average Bonchev–Trinajstić information content (AvgIpc) is 2.43. The van der Waals surface area contributed by atoms with Crippen molar-refractivity contribution in [3.8, 4) is 0 Å². The second-order valence-electron chi connectivity index (χ2n) is 4.68. The lowest BCUT2D eigenvalue weighted by Crippen LogP contribution is -2.05. The first-order valence-electron chi connectivity index (χ1n) is 7.33. The smallest absolute Gasteiger partial charge is 0.211 e. The van der Waals surface area contributed by atoms with Crippen molar-refractivity contribution in [2.45, 2.75) is 54.4 Å². The van der Waals surface area contributed by atoms with Crippen LogP contribution in [0, 0.1) is 13.8 Å². The molecule has 0 fully saturated rings. The van der Waals surface area contributed by atoms with E-state index in [1.165, 1.54) is 6.42 Å². The zero-order valence-corrected chi connectivity index (χ0v) is 13.7. The summed E-state index contributed by atoms with van der Waals surface area (Å²) in [5, 5.41) is 0. The van der Waals surface area contributed by atoms with Crippen LogP contribution in [-0.4, -0.2) is 12.0 Å². The summed E-state index contributed by atoms with van der Waals surface area (Å²) in [7, 11) is 0. The fourth-order valence-corrected chi connectivity index (χ4v) is 1.59. The van der Waals surface area contributed by atoms with Crippen LogP contribution in [0.5, 0.6) is 0 Å². The van der Waals surface area contributed by atoms with E-state index in [1.54, 1.807) is 12.3 Å². The molecule has 0 spiro atoms. The highest BCUT2D eigenvalue weighted by Gasteiger charge is 2.13. The molecular formula is C18H27NO. The predicted octanol–water partition coefficient (Wildman–Crippen LogP) is 5.29. The van der Waals surface area contributed by atoms with E-state index in [9.17, 15) is 4.79 Å². The molecule has 0 N–H and O–H groups in total. The van der Waals surface area contributed by atoms with Gasteiger partial charge in [0.15, 0.2) is 0 Å². The molecule has 2 heteroatoms. The number of allylic oxidation sites excluding steroid dienone is 2. The quantitative estimate of drug-likeness (QED) is 0.416. The van der Waals surface area contributed by atoms with E-state index in [4.69, 9.17) is 0 Å². The Bertz CT molecular complexity index is 484. The molecule has 0 radical (unpaired) electrons. The molecular weight excluding hydrogens is 246 g/mol. The van der Waals surface area contributed by atoms with Gasteiger partial charge in [0.1, 0.15) is 5.70 Å². The first kappa shape index (κ1) is 18.3. The lowest BCUT2D eigenvalue weighted by atomic mass is 9.98. The molecule has 0 aromatic heterocycles. The minimum atomic E-state index is -0.00148. The molecule has 1 aromatic rings. The lowest BCUT2D eigenvalue weighted by molar-refractivity contribution is 0.103. The second-order valence-corrected chi connectivity index (χ2v) is 4.68. The normalized spacial score (nSPS) is 11.2. The maximum absolute atomic E-state index is 12.3. The first-order valence-corrected chi connectivity index (χ1v) is 7.33. The van der Waals surface area contributed by atoms with E-state index >= 15 is 0 Å². The van der Waals surface area contributed by atoms with E-state index in [-0.39, 0.29) is 5.78 Å². The number of aliphatic imine (C=N–C) groups is 1. The van der Waals surface area contributed by atoms with Crippen LogP contribution in [0.15, 0.2) is 35.0 Å². The molecule has 0 saturated carbocycles. The maximum atomic E-state index is 12.3. The third kappa shape index (κ3) is 5.52. The fraction of sp³-hybridized carbons (Fsp3) is 0.444. The number of ketones is 1. The Labute approximate surface area is 123 Å². The van der Waals surface area contributed by atoms with Gasteiger partial charge in [-0.15, -0.1) is 0 Å². The van der Waals surface area contributed by atoms with Crippen LogP contribution in [0.1, 0.15) is 62.0 Å². The van der Waals surface area contributed by atoms with Crippen molar-refractivity contribution < 1.29 is 4.79 Å². The summed E-state index contributed by atoms with van der Waals surface area (Å²) < 4.78 is 0. The van der Waals surface area contributed by atoms with Gasteiger partial charge in [-0.25, -0.2) is 0 Å². The standard InChI is InChI=1S/C15H19NO.C3H8/c1-5-10-16-14(6-2)15(17)13-9-7-8-11(3)12(13)4;1-3-2/h6-10H,5H2,1-4H3;3H2,1-2H3/b14-6-,16-10?;. The third-order valence-corrected chi connectivity index (χ3v) is 2.77. The highest BCUT2D eigenvalue weighted by molar-refractivity contribution is 6.10. The van der Waals surface area contributed by atoms with Gasteiger partial charge in [-0.05, 0) is 38.3 Å². The van der Waals surface area contributed by atoms with Gasteiger partial charge in [-0.1, -0.05) is 51.5 Å². The van der Waals surface area contributed by atoms with Crippen LogP contribution in [-0.2, 0) is 0 Å². The second kappa shape index (κ2) is 10.1. The van der Waals surface area contributed by atoms with Gasteiger partial charge in [0.05, 0.1) is 0 Å². The van der Waals surface area contributed by atoms with E-state index in [2.05, 4.69) is 18.8 Å². The maximum Gasteiger partial charge on any atom is 0.211 e. The predicted molar refractivity (Wildman–Crippen MR) is 88.8 cm³/mol. The molecule has 0 amide bonds. The molecule has 2 nitrogen and oxygen atoms in total. The van der Waals surface area contributed by atoms with Crippen molar-refractivity contribution in [2.75, 3.05) is 0 Å². The summed E-state index contributed by atoms with van der Waals surface area (Å²) in [5.41, 5.74) is 3.42. The van der Waals surface area contributed by atoms with E-state index < -0.39 is 0 Å². The number of carbonyl (C=O) groups is 1. The summed E-state index contributed by atoms with van der Waals surface area (Å²) >= 11 is 0. The Kier molecular flexibility index (Phi) is 9.27. The Balaban J connectivity index is 0.00000110. The summed E-state index contributed by atoms with van der Waals surface area (Å²) in [6.07, 6.45) is 5.60. The fourth-order valence-electron chi connectivity index (χ4n) is 1.59. The third-order valence-electron chi connectivity index (χ3n) is 2.77. The Morgan fingerprint density at radius 3 is 2.30 bits per heavy atom. The first-order chi connectivity index (χ1) is 9.53. The van der Waals surface area contributed by atoms with Gasteiger partial charge in [0.25, 0.3) is 0 Å². The van der Waals surface area contributed by atoms with Gasteiger partial charge in [0, 0.05) is 11.8 Å². The van der Waals surface area contributed by atoms with E-state index in [1.807, 2.05) is 45.9 Å². The van der Waals surface area contributed by atoms with E-state index in [0.29, 0.717) is 5.70 Å². The van der Waals surface area contributed by atoms with Crippen LogP contribution >= 0.6 is 0 Å². The van der Waals surface area contributed by atoms with Crippen molar-refractivity contribution in [3.05, 3.63) is 46.7 Å². The van der Waals surface area contributed by atoms with Gasteiger partial charge in [0.2, 0.25) is 5.78 Å². The molecule has 0 heterocycles. The molecule has 20 heavy (non-hydrogen) atoms. The lowest BCUT2D eigenvalue weighted by Gasteiger charge is -2.07. The van der Waals surface area contributed by atoms with Crippen LogP contribution in [0.25, 0.3) is 0 Å². The van der Waals surface area contributed by atoms with Gasteiger partial charge >= 0.3 is 0 Å². The molecule has 1 aromatic carbocycles. The number of aryl methyl sites for hydroxylation is 1. The highest BCUT2D eigenvalue weighted by atomic mass is 16.1. The number of rotatable bonds is 4. The number of nitrogens with zero attached hydrogens (tertiary/aromatic N) is 1. The summed E-state index contributed by atoms with van der Waals surface area (Å²) in [5.74, 6) is -0.00148. The topological polar surface area (TPSA) is 29.4 Å². The molecule has 0 aliphatic carbocycles. The molecule has 0 aliphatic heterocycles. The van der Waals surface area contributed by atoms with Crippen LogP contribution < -0.4 is 0 Å². The van der Waals surface area contributed by atoms with Gasteiger partial charge in [-0.3, -0.25) is 9.79 Å². The van der Waals surface area contributed by atoms with Crippen LogP contribution in [0.2, 0.25) is 0 Å². The van der Waals surface area contributed by atoms with Crippen LogP contribution in [0.3, 0.4) is 0 Å². The van der Waals surface area contributed by atoms with Crippen molar-refractivity contribution >= 4 is 12.0 Å². The molecule has 0 unspecified atom stereocenters. The Hall–Kier alpha value is -1.70. The monoisotopic (exact) mass is 273 g/mol. The zero-order valence-electron chi connectivity index (χ0n) is 13.7. The van der Waals surface area contributed by atoms with Crippen LogP contribution in [0.4, 0.5) is 0 Å². The molecule has 0 saturated heterocycles. The minimum Gasteiger partial charge on any atom is -0.287 e.